The predicted molar refractivity (Wildman–Crippen MR) is 183 cm³/mol. The number of allylic oxidation sites excluding steroid dienone is 4. The number of unbranched alkanes of at least 4 members (excludes halogenated alkanes) is 1. The molecular formula is C37H54O15. The van der Waals surface area contributed by atoms with E-state index in [1.165, 1.54) is 12.1 Å². The normalized spacial score (nSPS) is 33.9. The van der Waals surface area contributed by atoms with Crippen LogP contribution < -0.4 is 0 Å². The Morgan fingerprint density at radius 2 is 1.73 bits per heavy atom. The first kappa shape index (κ1) is 41.8. The molecule has 3 heterocycles. The van der Waals surface area contributed by atoms with E-state index < -0.39 is 91.9 Å². The lowest BCUT2D eigenvalue weighted by molar-refractivity contribution is -0.395. The summed E-state index contributed by atoms with van der Waals surface area (Å²) in [7, 11) is 0. The maximum atomic E-state index is 13.2. The first-order chi connectivity index (χ1) is 24.8. The van der Waals surface area contributed by atoms with E-state index in [1.54, 1.807) is 12.2 Å². The molecule has 13 atom stereocenters. The number of rotatable bonds is 16. The molecule has 1 spiro atoms. The van der Waals surface area contributed by atoms with Gasteiger partial charge in [-0.2, -0.15) is 0 Å². The summed E-state index contributed by atoms with van der Waals surface area (Å²) in [5, 5.41) is 94.3. The highest BCUT2D eigenvalue weighted by Gasteiger charge is 2.62. The van der Waals surface area contributed by atoms with Crippen LogP contribution in [0.3, 0.4) is 0 Å². The molecule has 3 aliphatic heterocycles. The molecule has 0 radical (unpaired) electrons. The zero-order valence-electron chi connectivity index (χ0n) is 29.7. The summed E-state index contributed by atoms with van der Waals surface area (Å²) in [6.45, 7) is 4.44. The number of hydrogen-bond acceptors (Lipinski definition) is 15. The second-order valence-electron chi connectivity index (χ2n) is 13.8. The van der Waals surface area contributed by atoms with E-state index in [0.29, 0.717) is 12.3 Å². The van der Waals surface area contributed by atoms with Gasteiger partial charge in [-0.1, -0.05) is 57.6 Å². The Kier molecular flexibility index (Phi) is 15.2. The van der Waals surface area contributed by atoms with E-state index in [4.69, 9.17) is 23.7 Å². The first-order valence-electron chi connectivity index (χ1n) is 17.8. The van der Waals surface area contributed by atoms with Gasteiger partial charge in [0.2, 0.25) is 5.79 Å². The third-order valence-corrected chi connectivity index (χ3v) is 9.92. The van der Waals surface area contributed by atoms with Crippen LogP contribution in [0.15, 0.2) is 48.6 Å². The van der Waals surface area contributed by atoms with E-state index in [9.17, 15) is 50.8 Å². The van der Waals surface area contributed by atoms with Crippen LogP contribution in [-0.4, -0.2) is 126 Å². The van der Waals surface area contributed by atoms with Crippen LogP contribution in [0.25, 0.3) is 0 Å². The lowest BCUT2D eigenvalue weighted by atomic mass is 9.86. The SMILES string of the molecule is CCC(C)/C=C/CCCC(C)C(O)C/C=C/C=C/C(=O)OC1C(OC2OC(CO)C(O)C(O)C2O)C(CO)OC2(OCc3cc(O)cc(O)c32)C1O. The average molecular weight is 739 g/mol. The topological polar surface area (TPSA) is 245 Å². The molecule has 2 saturated heterocycles. The molecule has 13 unspecified atom stereocenters. The molecule has 3 aliphatic rings. The molecule has 0 aliphatic carbocycles. The van der Waals surface area contributed by atoms with Gasteiger partial charge in [0.25, 0.3) is 0 Å². The van der Waals surface area contributed by atoms with Crippen LogP contribution in [0.4, 0.5) is 0 Å². The van der Waals surface area contributed by atoms with Crippen LogP contribution in [0.2, 0.25) is 0 Å². The second-order valence-corrected chi connectivity index (χ2v) is 13.8. The fourth-order valence-electron chi connectivity index (χ4n) is 6.56. The maximum Gasteiger partial charge on any atom is 0.331 e. The summed E-state index contributed by atoms with van der Waals surface area (Å²) in [6.07, 6.45) is -1.72. The van der Waals surface area contributed by atoms with Gasteiger partial charge in [0.15, 0.2) is 18.5 Å². The number of phenols is 2. The molecule has 15 nitrogen and oxygen atoms in total. The average Bonchev–Trinajstić information content (AvgIpc) is 3.49. The number of phenolic OH excluding ortho intramolecular Hbond substituents is 2. The zero-order valence-corrected chi connectivity index (χ0v) is 29.7. The van der Waals surface area contributed by atoms with Crippen molar-refractivity contribution in [1.29, 1.82) is 0 Å². The van der Waals surface area contributed by atoms with Crippen molar-refractivity contribution in [3.05, 3.63) is 59.7 Å². The van der Waals surface area contributed by atoms with Crippen LogP contribution in [0.5, 0.6) is 11.5 Å². The molecule has 1 aromatic carbocycles. The number of aromatic hydroxyl groups is 2. The quantitative estimate of drug-likeness (QED) is 0.0376. The number of benzene rings is 1. The minimum absolute atomic E-state index is 0.0596. The highest BCUT2D eigenvalue weighted by atomic mass is 16.8. The molecule has 4 rings (SSSR count). The fourth-order valence-corrected chi connectivity index (χ4v) is 6.56. The lowest BCUT2D eigenvalue weighted by Gasteiger charge is -2.50. The number of carbonyl (C=O) groups excluding carboxylic acids is 1. The van der Waals surface area contributed by atoms with E-state index in [2.05, 4.69) is 26.0 Å². The minimum atomic E-state index is -2.22. The highest BCUT2D eigenvalue weighted by molar-refractivity contribution is 5.82. The van der Waals surface area contributed by atoms with Crippen molar-refractivity contribution in [2.24, 2.45) is 11.8 Å². The maximum absolute atomic E-state index is 13.2. The standard InChI is InChI=1S/C37H54O15/c1-4-20(2)11-7-5-8-12-21(3)24(41)13-9-6-10-14-28(43)50-34-33(51-36-32(46)31(45)30(44)26(17-38)49-36)27(18-39)52-37(35(34)47)29-22(19-48-37)15-23(40)16-25(29)42/h6-7,9-11,14-16,20-21,24,26-27,30-36,38-42,44-47H,4-5,8,12-13,17-19H2,1-3H3/b9-6+,11-7+,14-10+. The summed E-state index contributed by atoms with van der Waals surface area (Å²) in [6, 6.07) is 2.28. The molecule has 1 aromatic rings. The number of hydrogen-bond donors (Lipinski definition) is 9. The van der Waals surface area contributed by atoms with E-state index in [-0.39, 0.29) is 29.4 Å². The van der Waals surface area contributed by atoms with Gasteiger partial charge in [0.1, 0.15) is 48.1 Å². The number of aliphatic hydroxyl groups excluding tert-OH is 7. The van der Waals surface area contributed by atoms with E-state index in [0.717, 1.165) is 37.8 Å². The summed E-state index contributed by atoms with van der Waals surface area (Å²) in [5.74, 6) is -3.41. The Balaban J connectivity index is 1.49. The number of ether oxygens (including phenoxy) is 5. The Morgan fingerprint density at radius 3 is 2.42 bits per heavy atom. The molecule has 2 fully saturated rings. The molecule has 9 N–H and O–H groups in total. The van der Waals surface area contributed by atoms with E-state index >= 15 is 0 Å². The summed E-state index contributed by atoms with van der Waals surface area (Å²) < 4.78 is 28.8. The molecule has 0 aromatic heterocycles. The van der Waals surface area contributed by atoms with Crippen molar-refractivity contribution < 1.29 is 74.4 Å². The summed E-state index contributed by atoms with van der Waals surface area (Å²) >= 11 is 0. The van der Waals surface area contributed by atoms with Crippen LogP contribution >= 0.6 is 0 Å². The monoisotopic (exact) mass is 738 g/mol. The van der Waals surface area contributed by atoms with Crippen LogP contribution in [-0.2, 0) is 40.9 Å². The number of esters is 1. The number of fused-ring (bicyclic) bond motifs is 2. The van der Waals surface area contributed by atoms with Gasteiger partial charge in [-0.25, -0.2) is 4.79 Å². The van der Waals surface area contributed by atoms with Crippen molar-refractivity contribution >= 4 is 5.97 Å². The van der Waals surface area contributed by atoms with Crippen molar-refractivity contribution in [2.75, 3.05) is 13.2 Å². The molecule has 52 heavy (non-hydrogen) atoms. The number of aliphatic hydroxyl groups is 7. The molecular weight excluding hydrogens is 684 g/mol. The summed E-state index contributed by atoms with van der Waals surface area (Å²) in [4.78, 5) is 13.2. The Hall–Kier alpha value is -2.93. The fraction of sp³-hybridized carbons (Fsp3) is 0.649. The van der Waals surface area contributed by atoms with Gasteiger partial charge in [0, 0.05) is 12.1 Å². The minimum Gasteiger partial charge on any atom is -0.508 e. The van der Waals surface area contributed by atoms with Crippen molar-refractivity contribution in [1.82, 2.24) is 0 Å². The van der Waals surface area contributed by atoms with Gasteiger partial charge in [-0.05, 0) is 49.1 Å². The molecule has 0 amide bonds. The zero-order chi connectivity index (χ0) is 38.2. The van der Waals surface area contributed by atoms with Crippen molar-refractivity contribution in [3.8, 4) is 11.5 Å². The van der Waals surface area contributed by atoms with Crippen LogP contribution in [0, 0.1) is 11.8 Å². The number of carbonyl (C=O) groups is 1. The Labute approximate surface area is 303 Å². The van der Waals surface area contributed by atoms with Crippen molar-refractivity contribution in [2.45, 2.75) is 126 Å². The van der Waals surface area contributed by atoms with E-state index in [1.807, 2.05) is 6.92 Å². The largest absolute Gasteiger partial charge is 0.508 e. The Bertz CT molecular complexity index is 1400. The van der Waals surface area contributed by atoms with Gasteiger partial charge in [0.05, 0.1) is 31.5 Å². The highest BCUT2D eigenvalue weighted by Crippen LogP contribution is 2.51. The summed E-state index contributed by atoms with van der Waals surface area (Å²) in [5.41, 5.74) is 0.156. The third kappa shape index (κ3) is 9.59. The smallest absolute Gasteiger partial charge is 0.331 e. The second kappa shape index (κ2) is 18.9. The lowest BCUT2D eigenvalue weighted by Crippen LogP contribution is -2.67. The van der Waals surface area contributed by atoms with Gasteiger partial charge in [-0.15, -0.1) is 0 Å². The van der Waals surface area contributed by atoms with Gasteiger partial charge in [-0.3, -0.25) is 0 Å². The molecule has 292 valence electrons. The van der Waals surface area contributed by atoms with Gasteiger partial charge < -0.3 is 69.6 Å². The molecule has 0 bridgehead atoms. The molecule has 0 saturated carbocycles. The predicted octanol–water partition coefficient (Wildman–Crippen LogP) is 0.902. The van der Waals surface area contributed by atoms with Crippen molar-refractivity contribution in [3.63, 3.8) is 0 Å². The Morgan fingerprint density at radius 1 is 1.00 bits per heavy atom. The van der Waals surface area contributed by atoms with Crippen LogP contribution in [0.1, 0.15) is 64.0 Å². The molecule has 15 heteroatoms. The van der Waals surface area contributed by atoms with Gasteiger partial charge >= 0.3 is 5.97 Å². The first-order valence-corrected chi connectivity index (χ1v) is 17.8. The third-order valence-electron chi connectivity index (χ3n) is 9.92.